The van der Waals surface area contributed by atoms with E-state index >= 15 is 0 Å². The summed E-state index contributed by atoms with van der Waals surface area (Å²) in [4.78, 5) is 35.5. The minimum Gasteiger partial charge on any atom is -0.452 e. The fraction of sp³-hybridized carbons (Fsp3) is 0.286. The molecule has 1 aliphatic heterocycles. The molecule has 31 heavy (non-hydrogen) atoms. The average Bonchev–Trinajstić information content (AvgIpc) is 3.16. The van der Waals surface area contributed by atoms with E-state index in [9.17, 15) is 22.8 Å². The smallest absolute Gasteiger partial charge is 0.338 e. The molecule has 0 saturated heterocycles. The Morgan fingerprint density at radius 3 is 2.58 bits per heavy atom. The molecule has 9 nitrogen and oxygen atoms in total. The molecule has 0 atom stereocenters. The highest BCUT2D eigenvalue weighted by molar-refractivity contribution is 7.92. The van der Waals surface area contributed by atoms with Crippen LogP contribution in [-0.4, -0.2) is 45.5 Å². The van der Waals surface area contributed by atoms with Gasteiger partial charge in [0.1, 0.15) is 0 Å². The molecule has 0 unspecified atom stereocenters. The van der Waals surface area contributed by atoms with Crippen LogP contribution in [0.5, 0.6) is 0 Å². The van der Waals surface area contributed by atoms with Gasteiger partial charge in [0.2, 0.25) is 0 Å². The van der Waals surface area contributed by atoms with E-state index in [0.717, 1.165) is 5.56 Å². The molecule has 0 aromatic heterocycles. The maximum absolute atomic E-state index is 13.1. The topological polar surface area (TPSA) is 122 Å². The molecule has 0 aliphatic carbocycles. The molecule has 1 aliphatic rings. The molecule has 0 bridgehead atoms. The van der Waals surface area contributed by atoms with Gasteiger partial charge in [0.25, 0.3) is 15.9 Å². The van der Waals surface area contributed by atoms with Crippen molar-refractivity contribution in [3.8, 4) is 0 Å². The molecule has 0 radical (unpaired) electrons. The zero-order valence-electron chi connectivity index (χ0n) is 17.1. The van der Waals surface area contributed by atoms with Crippen molar-refractivity contribution in [1.82, 2.24) is 10.6 Å². The van der Waals surface area contributed by atoms with Crippen LogP contribution < -0.4 is 14.9 Å². The van der Waals surface area contributed by atoms with Gasteiger partial charge in [-0.1, -0.05) is 24.3 Å². The summed E-state index contributed by atoms with van der Waals surface area (Å²) in [5.41, 5.74) is 1.54. The fourth-order valence-electron chi connectivity index (χ4n) is 3.14. The number of carbonyl (C=O) groups is 3. The van der Waals surface area contributed by atoms with Crippen LogP contribution in [0.1, 0.15) is 29.8 Å². The lowest BCUT2D eigenvalue weighted by Gasteiger charge is -2.19. The second-order valence-corrected chi connectivity index (χ2v) is 9.10. The maximum atomic E-state index is 13.1. The third kappa shape index (κ3) is 5.21. The van der Waals surface area contributed by atoms with E-state index in [1.807, 2.05) is 17.4 Å². The van der Waals surface area contributed by atoms with Crippen LogP contribution >= 0.6 is 0 Å². The van der Waals surface area contributed by atoms with Gasteiger partial charge >= 0.3 is 12.0 Å². The molecule has 2 aromatic rings. The zero-order valence-corrected chi connectivity index (χ0v) is 17.9. The number of rotatable bonds is 6. The average molecular weight is 445 g/mol. The Labute approximate surface area is 180 Å². The lowest BCUT2D eigenvalue weighted by atomic mass is 10.2. The van der Waals surface area contributed by atoms with Gasteiger partial charge in [0.15, 0.2) is 6.61 Å². The highest BCUT2D eigenvalue weighted by atomic mass is 32.2. The fourth-order valence-corrected chi connectivity index (χ4v) is 4.69. The Hall–Kier alpha value is -3.40. The van der Waals surface area contributed by atoms with E-state index in [1.165, 1.54) is 28.6 Å². The Kier molecular flexibility index (Phi) is 6.59. The molecule has 164 valence electrons. The molecule has 3 rings (SSSR count). The number of urea groups is 1. The van der Waals surface area contributed by atoms with Gasteiger partial charge < -0.3 is 10.1 Å². The molecular formula is C21H23N3O6S. The van der Waals surface area contributed by atoms with E-state index in [0.29, 0.717) is 18.7 Å². The van der Waals surface area contributed by atoms with Crippen LogP contribution in [0.15, 0.2) is 53.4 Å². The number of sulfonamides is 1. The van der Waals surface area contributed by atoms with Crippen molar-refractivity contribution in [2.24, 2.45) is 0 Å². The number of esters is 1. The summed E-state index contributed by atoms with van der Waals surface area (Å²) in [7, 11) is -3.87. The Balaban J connectivity index is 1.68. The van der Waals surface area contributed by atoms with Crippen LogP contribution in [0, 0.1) is 0 Å². The number of anilines is 1. The Bertz CT molecular complexity index is 1110. The Morgan fingerprint density at radius 2 is 1.84 bits per heavy atom. The van der Waals surface area contributed by atoms with Gasteiger partial charge in [-0.2, -0.15) is 0 Å². The molecular weight excluding hydrogens is 422 g/mol. The zero-order chi connectivity index (χ0) is 22.6. The number of para-hydroxylation sites is 1. The van der Waals surface area contributed by atoms with E-state index in [4.69, 9.17) is 4.74 Å². The molecule has 0 spiro atoms. The third-order valence-corrected chi connectivity index (χ3v) is 6.32. The maximum Gasteiger partial charge on any atom is 0.338 e. The van der Waals surface area contributed by atoms with Crippen LogP contribution in [0.3, 0.4) is 0 Å². The highest BCUT2D eigenvalue weighted by Crippen LogP contribution is 2.32. The van der Waals surface area contributed by atoms with Crippen molar-refractivity contribution in [3.63, 3.8) is 0 Å². The lowest BCUT2D eigenvalue weighted by Crippen LogP contribution is -2.44. The summed E-state index contributed by atoms with van der Waals surface area (Å²) in [6.07, 6.45) is 0.608. The molecule has 10 heteroatoms. The molecule has 2 aromatic carbocycles. The molecule has 1 heterocycles. The summed E-state index contributed by atoms with van der Waals surface area (Å²) in [5.74, 6) is -1.68. The minimum atomic E-state index is -3.87. The number of amides is 3. The number of hydrogen-bond acceptors (Lipinski definition) is 6. The molecule has 3 amide bonds. The summed E-state index contributed by atoms with van der Waals surface area (Å²) < 4.78 is 32.4. The van der Waals surface area contributed by atoms with Crippen molar-refractivity contribution < 1.29 is 27.5 Å². The summed E-state index contributed by atoms with van der Waals surface area (Å²) >= 11 is 0. The van der Waals surface area contributed by atoms with Gasteiger partial charge in [0.05, 0.1) is 16.1 Å². The summed E-state index contributed by atoms with van der Waals surface area (Å²) in [5, 5.41) is 4.50. The number of nitrogens with zero attached hydrogens (tertiary/aromatic N) is 1. The van der Waals surface area contributed by atoms with Gasteiger partial charge in [-0.3, -0.25) is 14.4 Å². The van der Waals surface area contributed by atoms with Crippen molar-refractivity contribution >= 4 is 33.6 Å². The number of fused-ring (bicyclic) bond motifs is 1. The number of hydrogen-bond donors (Lipinski definition) is 2. The van der Waals surface area contributed by atoms with Crippen LogP contribution in [-0.2, 0) is 26.0 Å². The second-order valence-electron chi connectivity index (χ2n) is 7.24. The standard InChI is InChI=1S/C21H23N3O6S/c1-14(2)22-21(27)23-19(25)13-30-20(26)16-7-5-8-17(12-16)31(28,29)24-11-10-15-6-3-4-9-18(15)24/h3-9,12,14H,10-11,13H2,1-2H3,(H2,22,23,25,27). The SMILES string of the molecule is CC(C)NC(=O)NC(=O)COC(=O)c1cccc(S(=O)(=O)N2CCc3ccccc32)c1. The first-order chi connectivity index (χ1) is 14.7. The van der Waals surface area contributed by atoms with Crippen molar-refractivity contribution in [1.29, 1.82) is 0 Å². The monoisotopic (exact) mass is 445 g/mol. The van der Waals surface area contributed by atoms with Crippen molar-refractivity contribution in [2.75, 3.05) is 17.5 Å². The van der Waals surface area contributed by atoms with Gasteiger partial charge in [0, 0.05) is 12.6 Å². The van der Waals surface area contributed by atoms with E-state index < -0.39 is 34.5 Å². The van der Waals surface area contributed by atoms with Crippen LogP contribution in [0.25, 0.3) is 0 Å². The van der Waals surface area contributed by atoms with Gasteiger partial charge in [-0.15, -0.1) is 0 Å². The van der Waals surface area contributed by atoms with E-state index in [-0.39, 0.29) is 16.5 Å². The number of benzene rings is 2. The van der Waals surface area contributed by atoms with E-state index in [2.05, 4.69) is 5.32 Å². The quantitative estimate of drug-likeness (QED) is 0.654. The minimum absolute atomic E-state index is 0.0204. The van der Waals surface area contributed by atoms with Crippen LogP contribution in [0.2, 0.25) is 0 Å². The molecule has 0 saturated carbocycles. The first kappa shape index (κ1) is 22.3. The van der Waals surface area contributed by atoms with Crippen molar-refractivity contribution in [2.45, 2.75) is 31.2 Å². The Morgan fingerprint density at radius 1 is 1.10 bits per heavy atom. The second kappa shape index (κ2) is 9.17. The number of carbonyl (C=O) groups excluding carboxylic acids is 3. The van der Waals surface area contributed by atoms with E-state index in [1.54, 1.807) is 26.0 Å². The first-order valence-corrected chi connectivity index (χ1v) is 11.1. The van der Waals surface area contributed by atoms with Gasteiger partial charge in [-0.25, -0.2) is 18.0 Å². The highest BCUT2D eigenvalue weighted by Gasteiger charge is 2.31. The van der Waals surface area contributed by atoms with Crippen LogP contribution in [0.4, 0.5) is 10.5 Å². The van der Waals surface area contributed by atoms with Crippen molar-refractivity contribution in [3.05, 3.63) is 59.7 Å². The largest absolute Gasteiger partial charge is 0.452 e. The number of ether oxygens (including phenoxy) is 1. The predicted molar refractivity (Wildman–Crippen MR) is 113 cm³/mol. The summed E-state index contributed by atoms with van der Waals surface area (Å²) in [6.45, 7) is 3.09. The normalized spacial score (nSPS) is 12.9. The van der Waals surface area contributed by atoms with Gasteiger partial charge in [-0.05, 0) is 50.1 Å². The molecule has 0 fully saturated rings. The molecule has 2 N–H and O–H groups in total. The third-order valence-electron chi connectivity index (χ3n) is 4.51. The first-order valence-electron chi connectivity index (χ1n) is 9.66. The summed E-state index contributed by atoms with van der Waals surface area (Å²) in [6, 6.07) is 11.8. The number of imide groups is 1. The number of nitrogens with one attached hydrogen (secondary N) is 2. The lowest BCUT2D eigenvalue weighted by molar-refractivity contribution is -0.123. The predicted octanol–water partition coefficient (Wildman–Crippen LogP) is 1.83.